The number of piperazine rings is 1. The Bertz CT molecular complexity index is 398. The van der Waals surface area contributed by atoms with Crippen molar-refractivity contribution in [3.05, 3.63) is 30.3 Å². The second kappa shape index (κ2) is 6.57. The summed E-state index contributed by atoms with van der Waals surface area (Å²) in [6.45, 7) is 8.34. The number of hydrogen-bond donors (Lipinski definition) is 1. The fourth-order valence-electron chi connectivity index (χ4n) is 2.37. The van der Waals surface area contributed by atoms with Crippen LogP contribution in [-0.4, -0.2) is 49.6 Å². The zero-order valence-corrected chi connectivity index (χ0v) is 11.8. The van der Waals surface area contributed by atoms with Crippen molar-refractivity contribution < 1.29 is 14.4 Å². The maximum Gasteiger partial charge on any atom is 0.260 e. The van der Waals surface area contributed by atoms with Crippen molar-refractivity contribution in [3.63, 3.8) is 0 Å². The van der Waals surface area contributed by atoms with Crippen LogP contribution >= 0.6 is 0 Å². The topological polar surface area (TPSA) is 34.0 Å². The minimum absolute atomic E-state index is 0.0895. The van der Waals surface area contributed by atoms with Crippen molar-refractivity contribution in [1.82, 2.24) is 4.90 Å². The fraction of sp³-hybridized carbons (Fsp3) is 0.533. The van der Waals surface area contributed by atoms with E-state index in [2.05, 4.69) is 13.8 Å². The molecular formula is C15H23N2O2+. The molecule has 0 bridgehead atoms. The number of carbonyl (C=O) groups is 1. The van der Waals surface area contributed by atoms with Gasteiger partial charge in [0.15, 0.2) is 6.61 Å². The van der Waals surface area contributed by atoms with E-state index in [0.29, 0.717) is 6.04 Å². The molecule has 0 aliphatic carbocycles. The predicted molar refractivity (Wildman–Crippen MR) is 74.3 cm³/mol. The smallest absolute Gasteiger partial charge is 0.260 e. The minimum atomic E-state index is 0.0895. The average Bonchev–Trinajstić information content (AvgIpc) is 2.46. The van der Waals surface area contributed by atoms with E-state index < -0.39 is 0 Å². The summed E-state index contributed by atoms with van der Waals surface area (Å²) in [6.07, 6.45) is 0. The highest BCUT2D eigenvalue weighted by atomic mass is 16.5. The van der Waals surface area contributed by atoms with Gasteiger partial charge in [-0.05, 0) is 26.0 Å². The molecule has 1 aromatic carbocycles. The van der Waals surface area contributed by atoms with Gasteiger partial charge in [-0.1, -0.05) is 18.2 Å². The summed E-state index contributed by atoms with van der Waals surface area (Å²) in [5.41, 5.74) is 0. The summed E-state index contributed by atoms with van der Waals surface area (Å²) in [5, 5.41) is 0. The lowest BCUT2D eigenvalue weighted by Gasteiger charge is -2.34. The van der Waals surface area contributed by atoms with Crippen LogP contribution in [-0.2, 0) is 4.79 Å². The molecule has 1 heterocycles. The van der Waals surface area contributed by atoms with Gasteiger partial charge in [0, 0.05) is 0 Å². The van der Waals surface area contributed by atoms with Crippen LogP contribution in [0, 0.1) is 0 Å². The van der Waals surface area contributed by atoms with E-state index in [0.717, 1.165) is 31.9 Å². The number of nitrogens with zero attached hydrogens (tertiary/aromatic N) is 1. The third kappa shape index (κ3) is 3.96. The first-order valence-corrected chi connectivity index (χ1v) is 6.97. The molecule has 0 aromatic heterocycles. The second-order valence-corrected chi connectivity index (χ2v) is 5.30. The molecule has 1 aliphatic heterocycles. The predicted octanol–water partition coefficient (Wildman–Crippen LogP) is 0.201. The van der Waals surface area contributed by atoms with Crippen molar-refractivity contribution in [2.45, 2.75) is 19.9 Å². The zero-order valence-electron chi connectivity index (χ0n) is 11.8. The SMILES string of the molecule is CC(C)[NH+]1CCN(C(=O)COc2ccccc2)CC1. The molecule has 104 valence electrons. The Morgan fingerprint density at radius 3 is 2.47 bits per heavy atom. The lowest BCUT2D eigenvalue weighted by molar-refractivity contribution is -0.925. The van der Waals surface area contributed by atoms with E-state index >= 15 is 0 Å². The van der Waals surface area contributed by atoms with E-state index in [4.69, 9.17) is 4.74 Å². The lowest BCUT2D eigenvalue weighted by Crippen LogP contribution is -3.17. The summed E-state index contributed by atoms with van der Waals surface area (Å²) in [6, 6.07) is 10.1. The molecule has 1 aromatic rings. The van der Waals surface area contributed by atoms with Gasteiger partial charge in [-0.25, -0.2) is 0 Å². The molecule has 0 atom stereocenters. The van der Waals surface area contributed by atoms with Crippen molar-refractivity contribution in [2.24, 2.45) is 0 Å². The standard InChI is InChI=1S/C15H22N2O2/c1-13(2)16-8-10-17(11-9-16)15(18)12-19-14-6-4-3-5-7-14/h3-7,13H,8-12H2,1-2H3/p+1. The van der Waals surface area contributed by atoms with Gasteiger partial charge in [0.05, 0.1) is 32.2 Å². The highest BCUT2D eigenvalue weighted by Crippen LogP contribution is 2.08. The number of benzene rings is 1. The molecule has 1 amide bonds. The van der Waals surface area contributed by atoms with Crippen LogP contribution in [0.2, 0.25) is 0 Å². The van der Waals surface area contributed by atoms with Gasteiger partial charge in [-0.2, -0.15) is 0 Å². The first-order chi connectivity index (χ1) is 9.16. The minimum Gasteiger partial charge on any atom is -0.484 e. The normalized spacial score (nSPS) is 16.7. The number of carbonyl (C=O) groups excluding carboxylic acids is 1. The maximum atomic E-state index is 12.0. The van der Waals surface area contributed by atoms with E-state index in [1.54, 1.807) is 4.90 Å². The van der Waals surface area contributed by atoms with E-state index in [1.165, 1.54) is 0 Å². The molecular weight excluding hydrogens is 240 g/mol. The van der Waals surface area contributed by atoms with Crippen LogP contribution in [0.1, 0.15) is 13.8 Å². The molecule has 1 saturated heterocycles. The molecule has 0 saturated carbocycles. The van der Waals surface area contributed by atoms with Gasteiger partial charge in [0.1, 0.15) is 5.75 Å². The molecule has 4 nitrogen and oxygen atoms in total. The quantitative estimate of drug-likeness (QED) is 0.842. The van der Waals surface area contributed by atoms with Crippen molar-refractivity contribution in [1.29, 1.82) is 0 Å². The van der Waals surface area contributed by atoms with Crippen LogP contribution in [0.25, 0.3) is 0 Å². The number of amides is 1. The lowest BCUT2D eigenvalue weighted by atomic mass is 10.2. The monoisotopic (exact) mass is 263 g/mol. The van der Waals surface area contributed by atoms with Gasteiger partial charge in [0.25, 0.3) is 5.91 Å². The summed E-state index contributed by atoms with van der Waals surface area (Å²) in [5.74, 6) is 0.842. The van der Waals surface area contributed by atoms with E-state index in [1.807, 2.05) is 35.2 Å². The number of rotatable bonds is 4. The van der Waals surface area contributed by atoms with Crippen LogP contribution in [0.3, 0.4) is 0 Å². The Morgan fingerprint density at radius 1 is 1.26 bits per heavy atom. The number of hydrogen-bond acceptors (Lipinski definition) is 2. The van der Waals surface area contributed by atoms with Gasteiger partial charge in [-0.15, -0.1) is 0 Å². The maximum absolute atomic E-state index is 12.0. The second-order valence-electron chi connectivity index (χ2n) is 5.30. The fourth-order valence-corrected chi connectivity index (χ4v) is 2.37. The Hall–Kier alpha value is -1.55. The number of nitrogens with one attached hydrogen (secondary N) is 1. The van der Waals surface area contributed by atoms with Gasteiger partial charge in [-0.3, -0.25) is 4.79 Å². The van der Waals surface area contributed by atoms with Crippen LogP contribution in [0.5, 0.6) is 5.75 Å². The molecule has 1 aliphatic rings. The average molecular weight is 263 g/mol. The number of para-hydroxylation sites is 1. The third-order valence-electron chi connectivity index (χ3n) is 3.68. The third-order valence-corrected chi connectivity index (χ3v) is 3.68. The van der Waals surface area contributed by atoms with Crippen LogP contribution < -0.4 is 9.64 Å². The molecule has 4 heteroatoms. The van der Waals surface area contributed by atoms with Gasteiger partial charge < -0.3 is 14.5 Å². The molecule has 1 fully saturated rings. The van der Waals surface area contributed by atoms with Crippen molar-refractivity contribution >= 4 is 5.91 Å². The molecule has 1 N–H and O–H groups in total. The Labute approximate surface area is 115 Å². The van der Waals surface area contributed by atoms with Gasteiger partial charge >= 0.3 is 0 Å². The summed E-state index contributed by atoms with van der Waals surface area (Å²) in [4.78, 5) is 15.5. The highest BCUT2D eigenvalue weighted by molar-refractivity contribution is 5.77. The van der Waals surface area contributed by atoms with E-state index in [9.17, 15) is 4.79 Å². The molecule has 19 heavy (non-hydrogen) atoms. The van der Waals surface area contributed by atoms with E-state index in [-0.39, 0.29) is 12.5 Å². The molecule has 0 radical (unpaired) electrons. The summed E-state index contributed by atoms with van der Waals surface area (Å²) < 4.78 is 5.50. The first kappa shape index (κ1) is 13.9. The van der Waals surface area contributed by atoms with Crippen LogP contribution in [0.4, 0.5) is 0 Å². The number of ether oxygens (including phenoxy) is 1. The Morgan fingerprint density at radius 2 is 1.89 bits per heavy atom. The number of quaternary nitrogens is 1. The summed E-state index contributed by atoms with van der Waals surface area (Å²) in [7, 11) is 0. The first-order valence-electron chi connectivity index (χ1n) is 6.97. The zero-order chi connectivity index (χ0) is 13.7. The molecule has 2 rings (SSSR count). The van der Waals surface area contributed by atoms with Crippen molar-refractivity contribution in [3.8, 4) is 5.75 Å². The highest BCUT2D eigenvalue weighted by Gasteiger charge is 2.25. The molecule has 0 unspecified atom stereocenters. The van der Waals surface area contributed by atoms with Gasteiger partial charge in [0.2, 0.25) is 0 Å². The van der Waals surface area contributed by atoms with Crippen LogP contribution in [0.15, 0.2) is 30.3 Å². The Kier molecular flexibility index (Phi) is 4.80. The van der Waals surface area contributed by atoms with Crippen molar-refractivity contribution in [2.75, 3.05) is 32.8 Å². The summed E-state index contributed by atoms with van der Waals surface area (Å²) >= 11 is 0. The Balaban J connectivity index is 1.76. The largest absolute Gasteiger partial charge is 0.484 e. The molecule has 0 spiro atoms.